The molecule has 170 valence electrons. The van der Waals surface area contributed by atoms with E-state index >= 15 is 0 Å². The molecular weight excluding hydrogens is 422 g/mol. The number of anilines is 2. The van der Waals surface area contributed by atoms with Gasteiger partial charge in [0.1, 0.15) is 28.8 Å². The zero-order chi connectivity index (χ0) is 22.8. The van der Waals surface area contributed by atoms with Gasteiger partial charge in [-0.3, -0.25) is 0 Å². The number of nitrogens with zero attached hydrogens (tertiary/aromatic N) is 3. The van der Waals surface area contributed by atoms with Gasteiger partial charge in [-0.05, 0) is 39.5 Å². The fourth-order valence-corrected chi connectivity index (χ4v) is 4.90. The lowest BCUT2D eigenvalue weighted by molar-refractivity contribution is 0.0598. The molecule has 0 aliphatic heterocycles. The molecule has 1 aliphatic rings. The number of carbonyl (C=O) groups excluding carboxylic acids is 1. The Kier molecular flexibility index (Phi) is 6.85. The number of hydrogen-bond acceptors (Lipinski definition) is 9. The van der Waals surface area contributed by atoms with E-state index < -0.39 is 16.0 Å². The molecule has 10 nitrogen and oxygen atoms in total. The molecule has 0 spiro atoms. The molecule has 1 fully saturated rings. The van der Waals surface area contributed by atoms with Gasteiger partial charge in [-0.2, -0.15) is 0 Å². The van der Waals surface area contributed by atoms with Crippen molar-refractivity contribution >= 4 is 27.6 Å². The Hall–Kier alpha value is -2.66. The van der Waals surface area contributed by atoms with Crippen LogP contribution < -0.4 is 14.9 Å². The van der Waals surface area contributed by atoms with Crippen molar-refractivity contribution in [1.29, 1.82) is 0 Å². The van der Waals surface area contributed by atoms with Crippen LogP contribution in [0.15, 0.2) is 21.6 Å². The molecule has 0 bridgehead atoms. The smallest absolute Gasteiger partial charge is 0.341 e. The Bertz CT molecular complexity index is 1040. The number of aryl methyl sites for hydroxylation is 2. The number of furan rings is 1. The van der Waals surface area contributed by atoms with Crippen molar-refractivity contribution in [3.8, 4) is 0 Å². The largest absolute Gasteiger partial charge is 0.465 e. The SMILES string of the molecule is COC(=O)c1cc(S(=O)(=O)NC2CCC(Nc3cc(N(C)C)nc(C)n3)CC2)oc1C. The van der Waals surface area contributed by atoms with E-state index in [0.29, 0.717) is 18.7 Å². The number of sulfonamides is 1. The summed E-state index contributed by atoms with van der Waals surface area (Å²) in [6.45, 7) is 3.38. The fourth-order valence-electron chi connectivity index (χ4n) is 3.60. The Labute approximate surface area is 182 Å². The maximum absolute atomic E-state index is 12.7. The Morgan fingerprint density at radius 2 is 1.77 bits per heavy atom. The topological polar surface area (TPSA) is 127 Å². The maximum atomic E-state index is 12.7. The Balaban J connectivity index is 1.59. The first-order valence-electron chi connectivity index (χ1n) is 10.1. The molecule has 31 heavy (non-hydrogen) atoms. The highest BCUT2D eigenvalue weighted by molar-refractivity contribution is 7.89. The second-order valence-electron chi connectivity index (χ2n) is 7.89. The minimum atomic E-state index is -3.87. The second-order valence-corrected chi connectivity index (χ2v) is 9.54. The van der Waals surface area contributed by atoms with Gasteiger partial charge < -0.3 is 19.4 Å². The average molecular weight is 452 g/mol. The zero-order valence-corrected chi connectivity index (χ0v) is 19.2. The van der Waals surface area contributed by atoms with Crippen LogP contribution in [0, 0.1) is 13.8 Å². The molecule has 11 heteroatoms. The molecule has 0 atom stereocenters. The number of rotatable bonds is 7. The Morgan fingerprint density at radius 1 is 1.13 bits per heavy atom. The fraction of sp³-hybridized carbons (Fsp3) is 0.550. The van der Waals surface area contributed by atoms with Crippen molar-refractivity contribution in [2.75, 3.05) is 31.4 Å². The second kappa shape index (κ2) is 9.23. The summed E-state index contributed by atoms with van der Waals surface area (Å²) < 4.78 is 38.0. The summed E-state index contributed by atoms with van der Waals surface area (Å²) in [7, 11) is 1.22. The molecule has 1 aliphatic carbocycles. The van der Waals surface area contributed by atoms with E-state index in [2.05, 4.69) is 24.7 Å². The van der Waals surface area contributed by atoms with Gasteiger partial charge in [-0.15, -0.1) is 0 Å². The lowest BCUT2D eigenvalue weighted by Crippen LogP contribution is -2.40. The third-order valence-corrected chi connectivity index (χ3v) is 6.62. The summed E-state index contributed by atoms with van der Waals surface area (Å²) >= 11 is 0. The van der Waals surface area contributed by atoms with Crippen molar-refractivity contribution in [3.63, 3.8) is 0 Å². The molecule has 2 N–H and O–H groups in total. The molecule has 2 heterocycles. The van der Waals surface area contributed by atoms with E-state index in [1.807, 2.05) is 32.0 Å². The van der Waals surface area contributed by atoms with Crippen LogP contribution in [0.5, 0.6) is 0 Å². The van der Waals surface area contributed by atoms with Gasteiger partial charge in [-0.25, -0.2) is 27.9 Å². The van der Waals surface area contributed by atoms with Crippen LogP contribution in [0.1, 0.15) is 47.6 Å². The predicted molar refractivity (Wildman–Crippen MR) is 116 cm³/mol. The molecular formula is C20H29N5O5S. The molecule has 2 aromatic heterocycles. The van der Waals surface area contributed by atoms with Crippen LogP contribution in [0.2, 0.25) is 0 Å². The highest BCUT2D eigenvalue weighted by Crippen LogP contribution is 2.25. The minimum Gasteiger partial charge on any atom is -0.465 e. The van der Waals surface area contributed by atoms with E-state index in [4.69, 9.17) is 4.42 Å². The van der Waals surface area contributed by atoms with Crippen molar-refractivity contribution in [1.82, 2.24) is 14.7 Å². The van der Waals surface area contributed by atoms with Gasteiger partial charge in [-0.1, -0.05) is 0 Å². The first-order valence-corrected chi connectivity index (χ1v) is 11.6. The number of ether oxygens (including phenoxy) is 1. The van der Waals surface area contributed by atoms with E-state index in [0.717, 1.165) is 24.5 Å². The summed E-state index contributed by atoms with van der Waals surface area (Å²) in [5.41, 5.74) is 0.105. The number of hydrogen-bond donors (Lipinski definition) is 2. The molecule has 3 rings (SSSR count). The first kappa shape index (κ1) is 23.0. The van der Waals surface area contributed by atoms with Crippen molar-refractivity contribution in [2.24, 2.45) is 0 Å². The molecule has 0 aromatic carbocycles. The molecule has 0 saturated heterocycles. The lowest BCUT2D eigenvalue weighted by Gasteiger charge is -2.29. The van der Waals surface area contributed by atoms with Crippen LogP contribution in [-0.4, -0.2) is 57.6 Å². The average Bonchev–Trinajstić information content (AvgIpc) is 3.11. The summed E-state index contributed by atoms with van der Waals surface area (Å²) in [6.07, 6.45) is 2.92. The minimum absolute atomic E-state index is 0.105. The van der Waals surface area contributed by atoms with Gasteiger partial charge in [0.25, 0.3) is 10.0 Å². The predicted octanol–water partition coefficient (Wildman–Crippen LogP) is 2.24. The summed E-state index contributed by atoms with van der Waals surface area (Å²) in [6, 6.07) is 3.09. The van der Waals surface area contributed by atoms with Crippen molar-refractivity contribution in [2.45, 2.75) is 56.7 Å². The third-order valence-electron chi connectivity index (χ3n) is 5.25. The van der Waals surface area contributed by atoms with Gasteiger partial charge >= 0.3 is 5.97 Å². The third kappa shape index (κ3) is 5.53. The highest BCUT2D eigenvalue weighted by atomic mass is 32.2. The first-order chi connectivity index (χ1) is 14.6. The van der Waals surface area contributed by atoms with Gasteiger partial charge in [0, 0.05) is 38.3 Å². The number of aromatic nitrogens is 2. The number of nitrogens with one attached hydrogen (secondary N) is 2. The number of esters is 1. The monoisotopic (exact) mass is 451 g/mol. The zero-order valence-electron chi connectivity index (χ0n) is 18.4. The molecule has 0 radical (unpaired) electrons. The van der Waals surface area contributed by atoms with E-state index in [1.54, 1.807) is 0 Å². The Morgan fingerprint density at radius 3 is 2.39 bits per heavy atom. The maximum Gasteiger partial charge on any atom is 0.341 e. The van der Waals surface area contributed by atoms with Gasteiger partial charge in [0.2, 0.25) is 5.09 Å². The van der Waals surface area contributed by atoms with Gasteiger partial charge in [0.05, 0.1) is 7.11 Å². The van der Waals surface area contributed by atoms with Crippen LogP contribution >= 0.6 is 0 Å². The molecule has 2 aromatic rings. The summed E-state index contributed by atoms with van der Waals surface area (Å²) in [4.78, 5) is 22.5. The van der Waals surface area contributed by atoms with Crippen LogP contribution in [-0.2, 0) is 14.8 Å². The van der Waals surface area contributed by atoms with Gasteiger partial charge in [0.15, 0.2) is 0 Å². The standard InChI is InChI=1S/C20H29N5O5S/c1-12-16(20(26)29-5)10-19(30-12)31(27,28)24-15-8-6-14(7-9-15)23-17-11-18(25(3)4)22-13(2)21-17/h10-11,14-15,24H,6-9H2,1-5H3,(H,21,22,23). The van der Waals surface area contributed by atoms with E-state index in [1.165, 1.54) is 20.1 Å². The molecule has 1 saturated carbocycles. The van der Waals surface area contributed by atoms with Crippen molar-refractivity contribution in [3.05, 3.63) is 29.3 Å². The number of carbonyl (C=O) groups is 1. The van der Waals surface area contributed by atoms with E-state index in [9.17, 15) is 13.2 Å². The normalized spacial score (nSPS) is 19.1. The van der Waals surface area contributed by atoms with Crippen LogP contribution in [0.3, 0.4) is 0 Å². The highest BCUT2D eigenvalue weighted by Gasteiger charge is 2.29. The lowest BCUT2D eigenvalue weighted by atomic mass is 9.92. The van der Waals surface area contributed by atoms with Crippen LogP contribution in [0.4, 0.5) is 11.6 Å². The van der Waals surface area contributed by atoms with Crippen LogP contribution in [0.25, 0.3) is 0 Å². The quantitative estimate of drug-likeness (QED) is 0.609. The summed E-state index contributed by atoms with van der Waals surface area (Å²) in [5, 5.41) is 3.16. The molecule has 0 unspecified atom stereocenters. The number of methoxy groups -OCH3 is 1. The molecule has 0 amide bonds. The summed E-state index contributed by atoms with van der Waals surface area (Å²) in [5.74, 6) is 1.86. The van der Waals surface area contributed by atoms with E-state index in [-0.39, 0.29) is 28.5 Å². The van der Waals surface area contributed by atoms with Crippen molar-refractivity contribution < 1.29 is 22.4 Å².